The molecule has 0 aliphatic rings. The molecular formula is C15H13FO3. The molecule has 2 rings (SSSR count). The molecule has 0 N–H and O–H groups in total. The zero-order valence-electron chi connectivity index (χ0n) is 10.6. The van der Waals surface area contributed by atoms with Gasteiger partial charge < -0.3 is 9.47 Å². The lowest BCUT2D eigenvalue weighted by atomic mass is 10.0. The van der Waals surface area contributed by atoms with E-state index in [1.807, 2.05) is 0 Å². The first-order valence-corrected chi connectivity index (χ1v) is 5.69. The van der Waals surface area contributed by atoms with Gasteiger partial charge in [-0.2, -0.15) is 0 Å². The highest BCUT2D eigenvalue weighted by atomic mass is 19.1. The molecule has 4 heteroatoms. The van der Waals surface area contributed by atoms with Crippen LogP contribution in [0.2, 0.25) is 0 Å². The second kappa shape index (κ2) is 5.52. The average molecular weight is 260 g/mol. The summed E-state index contributed by atoms with van der Waals surface area (Å²) in [5.74, 6) is -0.326. The predicted octanol–water partition coefficient (Wildman–Crippen LogP) is 3.07. The molecule has 0 radical (unpaired) electrons. The molecule has 0 aliphatic carbocycles. The number of hydrogen-bond acceptors (Lipinski definition) is 3. The van der Waals surface area contributed by atoms with Crippen LogP contribution in [0.3, 0.4) is 0 Å². The Labute approximate surface area is 110 Å². The molecule has 0 saturated heterocycles. The maximum absolute atomic E-state index is 13.7. The number of ether oxygens (including phenoxy) is 2. The van der Waals surface area contributed by atoms with Crippen molar-refractivity contribution in [2.24, 2.45) is 0 Å². The number of carbonyl (C=O) groups excluding carboxylic acids is 1. The molecule has 0 atom stereocenters. The minimum atomic E-state index is -0.569. The van der Waals surface area contributed by atoms with Gasteiger partial charge in [0.2, 0.25) is 5.78 Å². The maximum Gasteiger partial charge on any atom is 0.203 e. The molecule has 0 aliphatic heterocycles. The average Bonchev–Trinajstić information content (AvgIpc) is 2.46. The fourth-order valence-electron chi connectivity index (χ4n) is 1.86. The molecular weight excluding hydrogens is 247 g/mol. The van der Waals surface area contributed by atoms with E-state index < -0.39 is 11.6 Å². The van der Waals surface area contributed by atoms with E-state index >= 15 is 0 Å². The maximum atomic E-state index is 13.7. The molecule has 0 aromatic heterocycles. The molecule has 0 unspecified atom stereocenters. The van der Waals surface area contributed by atoms with E-state index in [2.05, 4.69) is 0 Å². The van der Waals surface area contributed by atoms with Gasteiger partial charge in [-0.1, -0.05) is 18.2 Å². The molecule has 0 heterocycles. The zero-order valence-corrected chi connectivity index (χ0v) is 10.6. The molecule has 0 saturated carbocycles. The van der Waals surface area contributed by atoms with E-state index in [4.69, 9.17) is 9.47 Å². The van der Waals surface area contributed by atoms with Crippen LogP contribution in [0.5, 0.6) is 11.5 Å². The first-order valence-electron chi connectivity index (χ1n) is 5.69. The van der Waals surface area contributed by atoms with Crippen molar-refractivity contribution in [2.75, 3.05) is 14.2 Å². The van der Waals surface area contributed by atoms with Gasteiger partial charge in [0.25, 0.3) is 0 Å². The van der Waals surface area contributed by atoms with Crippen LogP contribution in [0.1, 0.15) is 15.9 Å². The Kier molecular flexibility index (Phi) is 3.80. The molecule has 19 heavy (non-hydrogen) atoms. The second-order valence-corrected chi connectivity index (χ2v) is 3.85. The molecule has 2 aromatic rings. The van der Waals surface area contributed by atoms with E-state index in [9.17, 15) is 9.18 Å². The molecule has 0 fully saturated rings. The van der Waals surface area contributed by atoms with Crippen molar-refractivity contribution in [2.45, 2.75) is 0 Å². The standard InChI is InChI=1S/C15H13FO3/c1-18-12-8-5-9-13(19-2)14(12)15(17)10-6-3-4-7-11(10)16/h3-9H,1-2H3. The van der Waals surface area contributed by atoms with Crippen LogP contribution in [0.4, 0.5) is 4.39 Å². The van der Waals surface area contributed by atoms with Gasteiger partial charge in [-0.05, 0) is 24.3 Å². The first-order chi connectivity index (χ1) is 9.19. The summed E-state index contributed by atoms with van der Waals surface area (Å²) in [4.78, 5) is 12.4. The molecule has 0 spiro atoms. The van der Waals surface area contributed by atoms with Gasteiger partial charge in [0.15, 0.2) is 0 Å². The number of benzene rings is 2. The summed E-state index contributed by atoms with van der Waals surface area (Å²) in [5.41, 5.74) is 0.211. The number of rotatable bonds is 4. The smallest absolute Gasteiger partial charge is 0.203 e. The van der Waals surface area contributed by atoms with Crippen molar-refractivity contribution in [3.05, 3.63) is 59.4 Å². The third-order valence-corrected chi connectivity index (χ3v) is 2.77. The molecule has 0 bridgehead atoms. The number of halogens is 1. The Morgan fingerprint density at radius 1 is 0.947 bits per heavy atom. The van der Waals surface area contributed by atoms with Crippen LogP contribution >= 0.6 is 0 Å². The Bertz CT molecular complexity index is 586. The summed E-state index contributed by atoms with van der Waals surface area (Å²) in [7, 11) is 2.90. The summed E-state index contributed by atoms with van der Waals surface area (Å²) in [6.07, 6.45) is 0. The van der Waals surface area contributed by atoms with Crippen molar-refractivity contribution in [1.29, 1.82) is 0 Å². The summed E-state index contributed by atoms with van der Waals surface area (Å²) >= 11 is 0. The van der Waals surface area contributed by atoms with Gasteiger partial charge >= 0.3 is 0 Å². The predicted molar refractivity (Wildman–Crippen MR) is 69.4 cm³/mol. The number of hydrogen-bond donors (Lipinski definition) is 0. The van der Waals surface area contributed by atoms with E-state index in [0.29, 0.717) is 11.5 Å². The Hall–Kier alpha value is -2.36. The summed E-state index contributed by atoms with van der Waals surface area (Å²) in [6, 6.07) is 10.8. The Balaban J connectivity index is 2.58. The van der Waals surface area contributed by atoms with Crippen LogP contribution in [0.25, 0.3) is 0 Å². The minimum Gasteiger partial charge on any atom is -0.496 e. The topological polar surface area (TPSA) is 35.5 Å². The van der Waals surface area contributed by atoms with Gasteiger partial charge in [-0.15, -0.1) is 0 Å². The Morgan fingerprint density at radius 3 is 2.05 bits per heavy atom. The van der Waals surface area contributed by atoms with Crippen LogP contribution in [-0.4, -0.2) is 20.0 Å². The van der Waals surface area contributed by atoms with E-state index in [0.717, 1.165) is 0 Å². The molecule has 2 aromatic carbocycles. The number of ketones is 1. The van der Waals surface area contributed by atoms with Crippen LogP contribution < -0.4 is 9.47 Å². The van der Waals surface area contributed by atoms with Crippen LogP contribution in [0, 0.1) is 5.82 Å². The first kappa shape index (κ1) is 13.1. The van der Waals surface area contributed by atoms with Crippen molar-refractivity contribution < 1.29 is 18.7 Å². The van der Waals surface area contributed by atoms with Crippen LogP contribution in [0.15, 0.2) is 42.5 Å². The molecule has 3 nitrogen and oxygen atoms in total. The van der Waals surface area contributed by atoms with Gasteiger partial charge in [0.1, 0.15) is 22.9 Å². The highest BCUT2D eigenvalue weighted by Crippen LogP contribution is 2.31. The Morgan fingerprint density at radius 2 is 1.53 bits per heavy atom. The lowest BCUT2D eigenvalue weighted by molar-refractivity contribution is 0.102. The van der Waals surface area contributed by atoms with Gasteiger partial charge in [-0.3, -0.25) is 4.79 Å². The lowest BCUT2D eigenvalue weighted by Crippen LogP contribution is -2.08. The summed E-state index contributed by atoms with van der Waals surface area (Å²) < 4.78 is 24.0. The summed E-state index contributed by atoms with van der Waals surface area (Å²) in [6.45, 7) is 0. The largest absolute Gasteiger partial charge is 0.496 e. The molecule has 0 amide bonds. The SMILES string of the molecule is COc1cccc(OC)c1C(=O)c1ccccc1F. The third kappa shape index (κ3) is 2.42. The monoisotopic (exact) mass is 260 g/mol. The lowest BCUT2D eigenvalue weighted by Gasteiger charge is -2.12. The van der Waals surface area contributed by atoms with Crippen molar-refractivity contribution >= 4 is 5.78 Å². The normalized spacial score (nSPS) is 10.1. The zero-order chi connectivity index (χ0) is 13.8. The number of carbonyl (C=O) groups is 1. The molecule has 98 valence electrons. The minimum absolute atomic E-state index is 0.00898. The van der Waals surface area contributed by atoms with Gasteiger partial charge in [0, 0.05) is 0 Å². The quantitative estimate of drug-likeness (QED) is 0.792. The van der Waals surface area contributed by atoms with E-state index in [1.54, 1.807) is 24.3 Å². The van der Waals surface area contributed by atoms with E-state index in [-0.39, 0.29) is 11.1 Å². The fourth-order valence-corrected chi connectivity index (χ4v) is 1.86. The van der Waals surface area contributed by atoms with E-state index in [1.165, 1.54) is 32.4 Å². The van der Waals surface area contributed by atoms with Crippen LogP contribution in [-0.2, 0) is 0 Å². The van der Waals surface area contributed by atoms with Gasteiger partial charge in [0.05, 0.1) is 19.8 Å². The highest BCUT2D eigenvalue weighted by Gasteiger charge is 2.21. The van der Waals surface area contributed by atoms with Gasteiger partial charge in [-0.25, -0.2) is 4.39 Å². The fraction of sp³-hybridized carbons (Fsp3) is 0.133. The van der Waals surface area contributed by atoms with Crippen molar-refractivity contribution in [3.63, 3.8) is 0 Å². The second-order valence-electron chi connectivity index (χ2n) is 3.85. The summed E-state index contributed by atoms with van der Waals surface area (Å²) in [5, 5.41) is 0. The number of methoxy groups -OCH3 is 2. The van der Waals surface area contributed by atoms with Crippen molar-refractivity contribution in [3.8, 4) is 11.5 Å². The third-order valence-electron chi connectivity index (χ3n) is 2.77. The highest BCUT2D eigenvalue weighted by molar-refractivity contribution is 6.12. The van der Waals surface area contributed by atoms with Crippen molar-refractivity contribution in [1.82, 2.24) is 0 Å².